The molecule has 4 aliphatic rings. The lowest BCUT2D eigenvalue weighted by Gasteiger charge is -2.54. The van der Waals surface area contributed by atoms with Crippen molar-refractivity contribution in [2.45, 2.75) is 43.9 Å². The van der Waals surface area contributed by atoms with Crippen LogP contribution in [0, 0.1) is 5.92 Å². The number of fused-ring (bicyclic) bond motifs is 2. The Labute approximate surface area is 167 Å². The van der Waals surface area contributed by atoms with Crippen LogP contribution in [0.25, 0.3) is 0 Å². The van der Waals surface area contributed by atoms with E-state index < -0.39 is 23.8 Å². The molecule has 8 nitrogen and oxygen atoms in total. The summed E-state index contributed by atoms with van der Waals surface area (Å²) in [7, 11) is 0. The van der Waals surface area contributed by atoms with Crippen LogP contribution in [0.3, 0.4) is 0 Å². The van der Waals surface area contributed by atoms with E-state index in [2.05, 4.69) is 15.3 Å². The molecule has 0 aromatic carbocycles. The van der Waals surface area contributed by atoms with Gasteiger partial charge in [-0.05, 0) is 38.0 Å². The van der Waals surface area contributed by atoms with E-state index in [1.54, 1.807) is 0 Å². The highest BCUT2D eigenvalue weighted by Gasteiger charge is 2.62. The van der Waals surface area contributed by atoms with Gasteiger partial charge in [-0.3, -0.25) is 0 Å². The van der Waals surface area contributed by atoms with Crippen molar-refractivity contribution >= 4 is 23.7 Å². The molecule has 3 fully saturated rings. The van der Waals surface area contributed by atoms with Crippen molar-refractivity contribution < 1.29 is 23.8 Å². The van der Waals surface area contributed by atoms with Crippen molar-refractivity contribution in [3.63, 3.8) is 0 Å². The Balaban J connectivity index is 1.62. The first-order valence-electron chi connectivity index (χ1n) is 9.59. The predicted molar refractivity (Wildman–Crippen MR) is 101 cm³/mol. The van der Waals surface area contributed by atoms with Gasteiger partial charge in [0.1, 0.15) is 11.6 Å². The van der Waals surface area contributed by atoms with E-state index in [1.165, 1.54) is 0 Å². The van der Waals surface area contributed by atoms with Crippen molar-refractivity contribution in [3.8, 4) is 5.88 Å². The lowest BCUT2D eigenvalue weighted by Crippen LogP contribution is -2.66. The van der Waals surface area contributed by atoms with Crippen LogP contribution in [0.5, 0.6) is 5.88 Å². The summed E-state index contributed by atoms with van der Waals surface area (Å²) in [6, 6.07) is 0. The van der Waals surface area contributed by atoms with E-state index in [0.717, 1.165) is 56.0 Å². The van der Waals surface area contributed by atoms with Gasteiger partial charge in [0.15, 0.2) is 0 Å². The number of allylic oxidation sites excluding steroid dienone is 1. The van der Waals surface area contributed by atoms with Crippen LogP contribution in [0.4, 0.5) is 0 Å². The molecule has 0 aliphatic carbocycles. The molecular weight excluding hydrogens is 382 g/mol. The minimum absolute atomic E-state index is 0.163. The van der Waals surface area contributed by atoms with Crippen LogP contribution >= 0.6 is 11.7 Å². The minimum atomic E-state index is -1.49. The van der Waals surface area contributed by atoms with Gasteiger partial charge in [-0.25, -0.2) is 14.5 Å². The maximum absolute atomic E-state index is 12.2. The number of nitrogens with zero attached hydrogens (tertiary/aromatic N) is 3. The number of carbonyl (C=O) groups is 2. The Morgan fingerprint density at radius 3 is 2.61 bits per heavy atom. The summed E-state index contributed by atoms with van der Waals surface area (Å²) in [6.07, 6.45) is 8.71. The quantitative estimate of drug-likeness (QED) is 0.388. The number of aromatic nitrogens is 2. The van der Waals surface area contributed by atoms with Gasteiger partial charge in [0.05, 0.1) is 18.3 Å². The van der Waals surface area contributed by atoms with Gasteiger partial charge in [-0.1, -0.05) is 6.08 Å². The summed E-state index contributed by atoms with van der Waals surface area (Å²) in [5, 5.41) is 0. The van der Waals surface area contributed by atoms with Gasteiger partial charge in [-0.15, -0.1) is 11.0 Å². The molecule has 150 valence electrons. The normalized spacial score (nSPS) is 27.9. The number of piperidine rings is 3. The average molecular weight is 405 g/mol. The molecule has 1 aromatic rings. The number of hydrogen-bond acceptors (Lipinski definition) is 9. The van der Waals surface area contributed by atoms with E-state index in [1.807, 2.05) is 11.0 Å². The van der Waals surface area contributed by atoms with Crippen LogP contribution < -0.4 is 4.74 Å². The van der Waals surface area contributed by atoms with E-state index in [0.29, 0.717) is 31.3 Å². The number of unbranched alkanes of at least 4 members (excludes halogenated alkanes) is 2. The third-order valence-corrected chi connectivity index (χ3v) is 6.04. The molecule has 0 radical (unpaired) electrons. The molecule has 2 bridgehead atoms. The lowest BCUT2D eigenvalue weighted by atomic mass is 9.74. The largest absolute Gasteiger partial charge is 0.476 e. The summed E-state index contributed by atoms with van der Waals surface area (Å²) in [5.74, 6) is -2.52. The summed E-state index contributed by atoms with van der Waals surface area (Å²) in [5.41, 5.74) is 0.602. The van der Waals surface area contributed by atoms with E-state index in [9.17, 15) is 9.59 Å². The van der Waals surface area contributed by atoms with Gasteiger partial charge < -0.3 is 14.2 Å². The maximum atomic E-state index is 12.2. The molecule has 1 spiro atoms. The van der Waals surface area contributed by atoms with Crippen molar-refractivity contribution in [1.82, 2.24) is 13.6 Å². The average Bonchev–Trinajstić information content (AvgIpc) is 3.09. The second-order valence-electron chi connectivity index (χ2n) is 7.20. The molecule has 3 saturated heterocycles. The van der Waals surface area contributed by atoms with Gasteiger partial charge in [-0.2, -0.15) is 4.37 Å². The molecule has 4 aliphatic heterocycles. The van der Waals surface area contributed by atoms with Crippen molar-refractivity contribution in [3.05, 3.63) is 30.5 Å². The minimum Gasteiger partial charge on any atom is -0.476 e. The van der Waals surface area contributed by atoms with Crippen LogP contribution in [-0.2, 0) is 19.1 Å². The van der Waals surface area contributed by atoms with Crippen LogP contribution in [0.1, 0.15) is 43.7 Å². The number of ether oxygens (including phenoxy) is 3. The van der Waals surface area contributed by atoms with E-state index in [4.69, 9.17) is 14.2 Å². The molecule has 5 heterocycles. The zero-order chi connectivity index (χ0) is 19.6. The first-order chi connectivity index (χ1) is 13.6. The Bertz CT molecular complexity index is 764. The fourth-order valence-corrected chi connectivity index (χ4v) is 4.78. The van der Waals surface area contributed by atoms with Gasteiger partial charge in [0, 0.05) is 25.2 Å². The highest BCUT2D eigenvalue weighted by Crippen LogP contribution is 2.52. The molecule has 28 heavy (non-hydrogen) atoms. The topological polar surface area (TPSA) is 90.9 Å². The predicted octanol–water partition coefficient (Wildman–Crippen LogP) is 2.39. The number of hydrogen-bond donors (Lipinski definition) is 0. The third-order valence-electron chi connectivity index (χ3n) is 5.51. The van der Waals surface area contributed by atoms with Crippen LogP contribution in [0.2, 0.25) is 0 Å². The fourth-order valence-electron chi connectivity index (χ4n) is 4.24. The molecule has 1 aromatic heterocycles. The second kappa shape index (κ2) is 8.00. The lowest BCUT2D eigenvalue weighted by molar-refractivity contribution is -0.324. The Morgan fingerprint density at radius 1 is 1.21 bits per heavy atom. The maximum Gasteiger partial charge on any atom is 0.335 e. The zero-order valence-electron chi connectivity index (χ0n) is 15.5. The molecule has 5 rings (SSSR count). The first-order valence-corrected chi connectivity index (χ1v) is 10.3. The highest BCUT2D eigenvalue weighted by atomic mass is 32.1. The molecule has 9 heteroatoms. The third kappa shape index (κ3) is 3.44. The molecule has 0 N–H and O–H groups in total. The SMILES string of the molecule is C=CCCCCOc1nsnc1C1C2CCN(CC2)C12OC(=O)C=CC(=O)O2. The number of rotatable bonds is 7. The summed E-state index contributed by atoms with van der Waals surface area (Å²) >= 11 is 1.05. The molecular formula is C19H23N3O5S. The van der Waals surface area contributed by atoms with Gasteiger partial charge >= 0.3 is 17.8 Å². The van der Waals surface area contributed by atoms with Crippen molar-refractivity contribution in [1.29, 1.82) is 0 Å². The number of esters is 2. The first kappa shape index (κ1) is 19.1. The standard InChI is InChI=1S/C19H23N3O5S/c1-2-3-4-5-12-25-18-17(20-28-21-18)16-13-8-10-22(11-9-13)19(16)26-14(23)6-7-15(24)27-19/h2,6-7,13,16H,1,3-5,8-12H2. The fraction of sp³-hybridized carbons (Fsp3) is 0.579. The number of carbonyl (C=O) groups excluding carboxylic acids is 2. The van der Waals surface area contributed by atoms with Crippen LogP contribution in [-0.4, -0.2) is 51.2 Å². The Morgan fingerprint density at radius 2 is 1.93 bits per heavy atom. The molecule has 1 unspecified atom stereocenters. The molecule has 1 atom stereocenters. The summed E-state index contributed by atoms with van der Waals surface area (Å²) in [4.78, 5) is 26.3. The molecule has 0 amide bonds. The Hall–Kier alpha value is -2.26. The van der Waals surface area contributed by atoms with Crippen molar-refractivity contribution in [2.75, 3.05) is 19.7 Å². The van der Waals surface area contributed by atoms with Crippen LogP contribution in [0.15, 0.2) is 24.8 Å². The van der Waals surface area contributed by atoms with E-state index in [-0.39, 0.29) is 5.92 Å². The highest BCUT2D eigenvalue weighted by molar-refractivity contribution is 6.99. The summed E-state index contributed by atoms with van der Waals surface area (Å²) in [6.45, 7) is 5.62. The Kier molecular flexibility index (Phi) is 5.45. The monoisotopic (exact) mass is 405 g/mol. The van der Waals surface area contributed by atoms with E-state index >= 15 is 0 Å². The van der Waals surface area contributed by atoms with Crippen molar-refractivity contribution in [2.24, 2.45) is 5.92 Å². The van der Waals surface area contributed by atoms with Gasteiger partial charge in [0.25, 0.3) is 0 Å². The van der Waals surface area contributed by atoms with Gasteiger partial charge in [0.2, 0.25) is 5.88 Å². The smallest absolute Gasteiger partial charge is 0.335 e. The zero-order valence-corrected chi connectivity index (χ0v) is 16.4. The summed E-state index contributed by atoms with van der Waals surface area (Å²) < 4.78 is 26.1. The second-order valence-corrected chi connectivity index (χ2v) is 7.72. The molecule has 0 saturated carbocycles.